The minimum atomic E-state index is 0. The molecule has 8 heteroatoms. The molecule has 1 aromatic carbocycles. The van der Waals surface area contributed by atoms with Crippen LogP contribution in [0.3, 0.4) is 0 Å². The summed E-state index contributed by atoms with van der Waals surface area (Å²) in [6.45, 7) is 4.64. The average molecular weight is 506 g/mol. The third-order valence-electron chi connectivity index (χ3n) is 4.57. The van der Waals surface area contributed by atoms with Gasteiger partial charge >= 0.3 is 0 Å². The average Bonchev–Trinajstić information content (AvgIpc) is 2.77. The predicted molar refractivity (Wildman–Crippen MR) is 127 cm³/mol. The summed E-state index contributed by atoms with van der Waals surface area (Å²) in [5, 5.41) is 3.46. The molecule has 0 saturated carbocycles. The van der Waals surface area contributed by atoms with Gasteiger partial charge in [-0.3, -0.25) is 4.99 Å². The first-order chi connectivity index (χ1) is 13.8. The number of hydrogen-bond donors (Lipinski definition) is 1. The number of terminal acetylenes is 1. The molecule has 1 aliphatic rings. The van der Waals surface area contributed by atoms with Gasteiger partial charge in [0.25, 0.3) is 0 Å². The molecule has 0 atom stereocenters. The van der Waals surface area contributed by atoms with E-state index in [2.05, 4.69) is 48.1 Å². The van der Waals surface area contributed by atoms with E-state index in [4.69, 9.17) is 11.2 Å². The van der Waals surface area contributed by atoms with Crippen LogP contribution in [0.5, 0.6) is 5.75 Å². The Balaban J connectivity index is 0.00000300. The Morgan fingerprint density at radius 3 is 2.48 bits per heavy atom. The van der Waals surface area contributed by atoms with Crippen LogP contribution in [-0.2, 0) is 6.42 Å². The van der Waals surface area contributed by atoms with E-state index >= 15 is 0 Å². The molecule has 3 rings (SSSR count). The number of guanidine groups is 1. The lowest BCUT2D eigenvalue weighted by Crippen LogP contribution is -2.53. The van der Waals surface area contributed by atoms with Crippen LogP contribution < -0.4 is 15.0 Å². The molecule has 29 heavy (non-hydrogen) atoms. The number of piperazine rings is 1. The van der Waals surface area contributed by atoms with Gasteiger partial charge < -0.3 is 19.9 Å². The fourth-order valence-corrected chi connectivity index (χ4v) is 3.10. The molecule has 154 valence electrons. The number of ether oxygens (including phenoxy) is 1. The number of halogens is 1. The van der Waals surface area contributed by atoms with Gasteiger partial charge in [0.05, 0.1) is 0 Å². The molecule has 2 heterocycles. The maximum atomic E-state index is 5.40. The highest BCUT2D eigenvalue weighted by molar-refractivity contribution is 14.0. The first kappa shape index (κ1) is 22.7. The first-order valence-corrected chi connectivity index (χ1v) is 9.43. The van der Waals surface area contributed by atoms with Gasteiger partial charge in [-0.05, 0) is 30.2 Å². The zero-order chi connectivity index (χ0) is 19.6. The number of nitrogens with one attached hydrogen (secondary N) is 1. The second kappa shape index (κ2) is 12.1. The molecule has 1 saturated heterocycles. The van der Waals surface area contributed by atoms with Gasteiger partial charge in [0, 0.05) is 52.2 Å². The second-order valence-corrected chi connectivity index (χ2v) is 6.38. The van der Waals surface area contributed by atoms with Crippen LogP contribution >= 0.6 is 24.0 Å². The summed E-state index contributed by atoms with van der Waals surface area (Å²) in [5.74, 6) is 4.99. The number of aliphatic imine (C=N–C) groups is 1. The van der Waals surface area contributed by atoms with Crippen LogP contribution in [0.25, 0.3) is 0 Å². The molecule has 0 spiro atoms. The summed E-state index contributed by atoms with van der Waals surface area (Å²) in [6.07, 6.45) is 9.68. The van der Waals surface area contributed by atoms with Crippen molar-refractivity contribution in [2.24, 2.45) is 4.99 Å². The normalized spacial score (nSPS) is 14.0. The second-order valence-electron chi connectivity index (χ2n) is 6.38. The van der Waals surface area contributed by atoms with E-state index in [1.54, 1.807) is 12.4 Å². The topological polar surface area (TPSA) is 65.9 Å². The van der Waals surface area contributed by atoms with E-state index in [1.165, 1.54) is 5.56 Å². The molecule has 1 aliphatic heterocycles. The maximum Gasteiger partial charge on any atom is 0.225 e. The molecule has 0 amide bonds. The Morgan fingerprint density at radius 2 is 1.86 bits per heavy atom. The lowest BCUT2D eigenvalue weighted by Gasteiger charge is -2.36. The minimum absolute atomic E-state index is 0. The number of nitrogens with zero attached hydrogens (tertiary/aromatic N) is 5. The van der Waals surface area contributed by atoms with Crippen molar-refractivity contribution >= 4 is 35.9 Å². The molecule has 1 N–H and O–H groups in total. The van der Waals surface area contributed by atoms with Gasteiger partial charge in [-0.1, -0.05) is 18.1 Å². The lowest BCUT2D eigenvalue weighted by atomic mass is 10.1. The number of aromatic nitrogens is 2. The highest BCUT2D eigenvalue weighted by atomic mass is 127. The van der Waals surface area contributed by atoms with Gasteiger partial charge in [-0.15, -0.1) is 30.4 Å². The summed E-state index contributed by atoms with van der Waals surface area (Å²) in [7, 11) is 1.83. The summed E-state index contributed by atoms with van der Waals surface area (Å²) >= 11 is 0. The Labute approximate surface area is 189 Å². The summed E-state index contributed by atoms with van der Waals surface area (Å²) in [5.41, 5.74) is 1.24. The van der Waals surface area contributed by atoms with Crippen LogP contribution in [0.4, 0.5) is 5.95 Å². The van der Waals surface area contributed by atoms with Crippen molar-refractivity contribution in [3.8, 4) is 18.1 Å². The van der Waals surface area contributed by atoms with Crippen molar-refractivity contribution in [1.82, 2.24) is 20.2 Å². The van der Waals surface area contributed by atoms with Crippen LogP contribution in [0.15, 0.2) is 47.7 Å². The van der Waals surface area contributed by atoms with Gasteiger partial charge in [0.2, 0.25) is 5.95 Å². The number of benzene rings is 1. The smallest absolute Gasteiger partial charge is 0.225 e. The molecule has 0 aliphatic carbocycles. The van der Waals surface area contributed by atoms with Crippen molar-refractivity contribution in [3.05, 3.63) is 48.3 Å². The molecule has 0 bridgehead atoms. The summed E-state index contributed by atoms with van der Waals surface area (Å²) < 4.78 is 5.40. The standard InChI is InChI=1S/C21H26N6O.HI/c1-3-17-28-19-7-5-18(6-8-19)9-12-25-20(22-2)26-13-15-27(16-14-26)21-23-10-4-11-24-21;/h1,4-8,10-11H,9,12-17H2,2H3,(H,22,25);1H. The quantitative estimate of drug-likeness (QED) is 0.280. The van der Waals surface area contributed by atoms with E-state index in [1.807, 2.05) is 25.2 Å². The molecular formula is C21H27IN6O. The fraction of sp³-hybridized carbons (Fsp3) is 0.381. The van der Waals surface area contributed by atoms with Gasteiger partial charge in [-0.2, -0.15) is 0 Å². The van der Waals surface area contributed by atoms with Crippen molar-refractivity contribution in [1.29, 1.82) is 0 Å². The van der Waals surface area contributed by atoms with Crippen molar-refractivity contribution in [2.45, 2.75) is 6.42 Å². The third kappa shape index (κ3) is 6.78. The van der Waals surface area contributed by atoms with Crippen LogP contribution in [0.1, 0.15) is 5.56 Å². The van der Waals surface area contributed by atoms with Crippen LogP contribution in [0, 0.1) is 12.3 Å². The zero-order valence-corrected chi connectivity index (χ0v) is 19.0. The Hall–Kier alpha value is -2.54. The first-order valence-electron chi connectivity index (χ1n) is 9.43. The number of anilines is 1. The fourth-order valence-electron chi connectivity index (χ4n) is 3.10. The summed E-state index contributed by atoms with van der Waals surface area (Å²) in [4.78, 5) is 17.6. The number of hydrogen-bond acceptors (Lipinski definition) is 5. The van der Waals surface area contributed by atoms with E-state index < -0.39 is 0 Å². The number of rotatable bonds is 6. The Bertz CT molecular complexity index is 798. The van der Waals surface area contributed by atoms with E-state index in [0.717, 1.165) is 56.8 Å². The van der Waals surface area contributed by atoms with E-state index in [9.17, 15) is 0 Å². The zero-order valence-electron chi connectivity index (χ0n) is 16.6. The monoisotopic (exact) mass is 506 g/mol. The Morgan fingerprint density at radius 1 is 1.17 bits per heavy atom. The molecule has 1 aromatic heterocycles. The molecule has 0 radical (unpaired) electrons. The van der Waals surface area contributed by atoms with Crippen LogP contribution in [0.2, 0.25) is 0 Å². The lowest BCUT2D eigenvalue weighted by molar-refractivity contribution is 0.369. The Kier molecular flexibility index (Phi) is 9.50. The van der Waals surface area contributed by atoms with Crippen molar-refractivity contribution in [2.75, 3.05) is 51.3 Å². The maximum absolute atomic E-state index is 5.40. The van der Waals surface area contributed by atoms with Gasteiger partial charge in [0.15, 0.2) is 5.96 Å². The minimum Gasteiger partial charge on any atom is -0.481 e. The SMILES string of the molecule is C#CCOc1ccc(CCNC(=NC)N2CCN(c3ncccn3)CC2)cc1.I. The van der Waals surface area contributed by atoms with Gasteiger partial charge in [-0.25, -0.2) is 9.97 Å². The molecule has 7 nitrogen and oxygen atoms in total. The molecular weight excluding hydrogens is 479 g/mol. The molecule has 0 unspecified atom stereocenters. The summed E-state index contributed by atoms with van der Waals surface area (Å²) in [6, 6.07) is 9.87. The highest BCUT2D eigenvalue weighted by Crippen LogP contribution is 2.12. The molecule has 2 aromatic rings. The third-order valence-corrected chi connectivity index (χ3v) is 4.57. The van der Waals surface area contributed by atoms with E-state index in [-0.39, 0.29) is 24.0 Å². The highest BCUT2D eigenvalue weighted by Gasteiger charge is 2.20. The van der Waals surface area contributed by atoms with Crippen molar-refractivity contribution < 1.29 is 4.74 Å². The van der Waals surface area contributed by atoms with Crippen LogP contribution in [-0.4, -0.2) is 67.2 Å². The van der Waals surface area contributed by atoms with E-state index in [0.29, 0.717) is 6.61 Å². The predicted octanol–water partition coefficient (Wildman–Crippen LogP) is 2.05. The van der Waals surface area contributed by atoms with Crippen molar-refractivity contribution in [3.63, 3.8) is 0 Å². The van der Waals surface area contributed by atoms with Gasteiger partial charge in [0.1, 0.15) is 12.4 Å². The molecule has 1 fully saturated rings. The largest absolute Gasteiger partial charge is 0.481 e.